The van der Waals surface area contributed by atoms with Gasteiger partial charge < -0.3 is 9.13 Å². The van der Waals surface area contributed by atoms with Gasteiger partial charge in [0.15, 0.2) is 0 Å². The Kier molecular flexibility index (Phi) is 4.18. The Morgan fingerprint density at radius 2 is 1.12 bits per heavy atom. The van der Waals surface area contributed by atoms with E-state index in [0.29, 0.717) is 0 Å². The number of hydrogen-bond acceptors (Lipinski definition) is 0. The van der Waals surface area contributed by atoms with Crippen molar-refractivity contribution in [3.05, 3.63) is 134 Å². The summed E-state index contributed by atoms with van der Waals surface area (Å²) in [4.78, 5) is 0. The fraction of sp³-hybridized carbons (Fsp3) is 0. The van der Waals surface area contributed by atoms with Crippen molar-refractivity contribution in [3.8, 4) is 22.5 Å². The maximum absolute atomic E-state index is 2.37. The first kappa shape index (κ1) is 19.0. The molecule has 0 N–H and O–H groups in total. The van der Waals surface area contributed by atoms with Gasteiger partial charge in [0.1, 0.15) is 0 Å². The number of aromatic nitrogens is 2. The predicted octanol–water partition coefficient (Wildman–Crippen LogP) is 8.39. The molecular weight excluding hydrogens is 412 g/mol. The molecule has 0 radical (unpaired) electrons. The summed E-state index contributed by atoms with van der Waals surface area (Å²) in [5, 5.41) is 3.78. The van der Waals surface area contributed by atoms with Gasteiger partial charge in [-0.2, -0.15) is 0 Å². The minimum Gasteiger partial charge on any atom is -0.317 e. The Labute approximate surface area is 197 Å². The zero-order chi connectivity index (χ0) is 22.5. The van der Waals surface area contributed by atoms with Crippen molar-refractivity contribution in [3.63, 3.8) is 0 Å². The molecule has 7 rings (SSSR count). The van der Waals surface area contributed by atoms with Gasteiger partial charge in [-0.05, 0) is 59.7 Å². The van der Waals surface area contributed by atoms with Crippen molar-refractivity contribution in [1.82, 2.24) is 9.13 Å². The van der Waals surface area contributed by atoms with Crippen LogP contribution in [0.25, 0.3) is 55.2 Å². The van der Waals surface area contributed by atoms with Gasteiger partial charge in [0.25, 0.3) is 0 Å². The summed E-state index contributed by atoms with van der Waals surface area (Å²) in [7, 11) is 0. The topological polar surface area (TPSA) is 9.86 Å². The lowest BCUT2D eigenvalue weighted by molar-refractivity contribution is 1.13. The Bertz CT molecular complexity index is 1790. The Balaban J connectivity index is 1.48. The summed E-state index contributed by atoms with van der Waals surface area (Å²) >= 11 is 0. The Morgan fingerprint density at radius 3 is 1.97 bits per heavy atom. The van der Waals surface area contributed by atoms with E-state index in [0.717, 1.165) is 0 Å². The molecule has 2 heterocycles. The summed E-state index contributed by atoms with van der Waals surface area (Å²) in [6, 6.07) is 45.5. The molecule has 0 aliphatic carbocycles. The molecule has 0 unspecified atom stereocenters. The molecule has 2 nitrogen and oxygen atoms in total. The molecule has 0 saturated heterocycles. The quantitative estimate of drug-likeness (QED) is 0.264. The van der Waals surface area contributed by atoms with Gasteiger partial charge in [-0.25, -0.2) is 0 Å². The van der Waals surface area contributed by atoms with Crippen molar-refractivity contribution in [2.24, 2.45) is 0 Å². The molecule has 5 aromatic carbocycles. The fourth-order valence-electron chi connectivity index (χ4n) is 5.14. The van der Waals surface area contributed by atoms with Gasteiger partial charge in [0.05, 0.1) is 16.6 Å². The second-order valence-corrected chi connectivity index (χ2v) is 8.72. The van der Waals surface area contributed by atoms with E-state index in [-0.39, 0.29) is 0 Å². The normalized spacial score (nSPS) is 11.5. The van der Waals surface area contributed by atoms with Crippen molar-refractivity contribution < 1.29 is 0 Å². The lowest BCUT2D eigenvalue weighted by atomic mass is 10.1. The lowest BCUT2D eigenvalue weighted by Gasteiger charge is -2.10. The van der Waals surface area contributed by atoms with E-state index in [1.54, 1.807) is 0 Å². The molecule has 0 bridgehead atoms. The SMILES string of the molecule is c1ccc(-c2cccc(-n3ccc4cc5c(cc43)c3ccccc3n5-c3ccccc3)c2)cc1. The van der Waals surface area contributed by atoms with E-state index in [2.05, 4.69) is 143 Å². The third-order valence-electron chi connectivity index (χ3n) is 6.73. The van der Waals surface area contributed by atoms with Crippen LogP contribution in [0.5, 0.6) is 0 Å². The van der Waals surface area contributed by atoms with Crippen LogP contribution in [0.3, 0.4) is 0 Å². The molecule has 160 valence electrons. The standard InChI is InChI=1S/C32H22N2/c1-3-10-23(11-4-1)24-12-9-15-27(20-24)33-19-18-25-21-32-29(22-31(25)33)28-16-7-8-17-30(28)34(32)26-13-5-2-6-14-26/h1-22H. The highest BCUT2D eigenvalue weighted by Crippen LogP contribution is 2.36. The van der Waals surface area contributed by atoms with Gasteiger partial charge in [-0.3, -0.25) is 0 Å². The van der Waals surface area contributed by atoms with Crippen LogP contribution in [-0.4, -0.2) is 9.13 Å². The van der Waals surface area contributed by atoms with Crippen molar-refractivity contribution in [2.75, 3.05) is 0 Å². The minimum atomic E-state index is 1.17. The van der Waals surface area contributed by atoms with Gasteiger partial charge in [-0.1, -0.05) is 78.9 Å². The van der Waals surface area contributed by atoms with Crippen LogP contribution in [-0.2, 0) is 0 Å². The second-order valence-electron chi connectivity index (χ2n) is 8.72. The average molecular weight is 435 g/mol. The molecule has 0 fully saturated rings. The molecule has 34 heavy (non-hydrogen) atoms. The maximum Gasteiger partial charge on any atom is 0.0548 e. The van der Waals surface area contributed by atoms with Gasteiger partial charge >= 0.3 is 0 Å². The average Bonchev–Trinajstić information content (AvgIpc) is 3.47. The molecule has 0 aliphatic heterocycles. The van der Waals surface area contributed by atoms with Crippen molar-refractivity contribution in [2.45, 2.75) is 0 Å². The smallest absolute Gasteiger partial charge is 0.0548 e. The number of para-hydroxylation sites is 2. The number of hydrogen-bond donors (Lipinski definition) is 0. The second kappa shape index (κ2) is 7.50. The largest absolute Gasteiger partial charge is 0.317 e. The summed E-state index contributed by atoms with van der Waals surface area (Å²) in [5.41, 5.74) is 8.49. The van der Waals surface area contributed by atoms with Crippen LogP contribution in [0.1, 0.15) is 0 Å². The fourth-order valence-corrected chi connectivity index (χ4v) is 5.14. The number of fused-ring (bicyclic) bond motifs is 4. The maximum atomic E-state index is 2.37. The molecule has 2 heteroatoms. The highest BCUT2D eigenvalue weighted by Gasteiger charge is 2.15. The van der Waals surface area contributed by atoms with E-state index in [4.69, 9.17) is 0 Å². The Hall–Kier alpha value is -4.56. The molecule has 2 aromatic heterocycles. The third kappa shape index (κ3) is 2.89. The van der Waals surface area contributed by atoms with Crippen LogP contribution in [0.2, 0.25) is 0 Å². The first-order valence-electron chi connectivity index (χ1n) is 11.6. The molecule has 0 aliphatic rings. The summed E-state index contributed by atoms with van der Waals surface area (Å²) in [6.07, 6.45) is 2.18. The molecule has 0 atom stereocenters. The van der Waals surface area contributed by atoms with E-state index in [1.807, 2.05) is 0 Å². The molecule has 0 saturated carbocycles. The zero-order valence-corrected chi connectivity index (χ0v) is 18.6. The summed E-state index contributed by atoms with van der Waals surface area (Å²) < 4.78 is 4.67. The third-order valence-corrected chi connectivity index (χ3v) is 6.73. The van der Waals surface area contributed by atoms with E-state index in [9.17, 15) is 0 Å². The van der Waals surface area contributed by atoms with Crippen LogP contribution in [0.4, 0.5) is 0 Å². The summed E-state index contributed by atoms with van der Waals surface area (Å²) in [5.74, 6) is 0. The lowest BCUT2D eigenvalue weighted by Crippen LogP contribution is -1.94. The number of rotatable bonds is 3. The number of nitrogens with zero attached hydrogens (tertiary/aromatic N) is 2. The molecular formula is C32H22N2. The number of benzene rings is 5. The van der Waals surface area contributed by atoms with Crippen LogP contribution >= 0.6 is 0 Å². The van der Waals surface area contributed by atoms with Crippen LogP contribution in [0.15, 0.2) is 134 Å². The first-order valence-corrected chi connectivity index (χ1v) is 11.6. The van der Waals surface area contributed by atoms with Crippen LogP contribution in [0, 0.1) is 0 Å². The first-order chi connectivity index (χ1) is 16.9. The monoisotopic (exact) mass is 434 g/mol. The van der Waals surface area contributed by atoms with Gasteiger partial charge in [0, 0.05) is 33.7 Å². The predicted molar refractivity (Wildman–Crippen MR) is 143 cm³/mol. The van der Waals surface area contributed by atoms with Crippen molar-refractivity contribution >= 4 is 32.7 Å². The highest BCUT2D eigenvalue weighted by atomic mass is 15.0. The molecule has 0 spiro atoms. The van der Waals surface area contributed by atoms with Crippen molar-refractivity contribution in [1.29, 1.82) is 0 Å². The van der Waals surface area contributed by atoms with E-state index in [1.165, 1.54) is 55.2 Å². The Morgan fingerprint density at radius 1 is 0.412 bits per heavy atom. The van der Waals surface area contributed by atoms with E-state index >= 15 is 0 Å². The van der Waals surface area contributed by atoms with E-state index < -0.39 is 0 Å². The van der Waals surface area contributed by atoms with Gasteiger partial charge in [0.2, 0.25) is 0 Å². The summed E-state index contributed by atoms with van der Waals surface area (Å²) in [6.45, 7) is 0. The molecule has 0 amide bonds. The zero-order valence-electron chi connectivity index (χ0n) is 18.6. The van der Waals surface area contributed by atoms with Crippen LogP contribution < -0.4 is 0 Å². The van der Waals surface area contributed by atoms with Gasteiger partial charge in [-0.15, -0.1) is 0 Å². The highest BCUT2D eigenvalue weighted by molar-refractivity contribution is 6.13. The molecule has 7 aromatic rings. The minimum absolute atomic E-state index is 1.17.